The second kappa shape index (κ2) is 5.08. The topological polar surface area (TPSA) is 104 Å². The number of aryl methyl sites for hydroxylation is 1. The fourth-order valence-electron chi connectivity index (χ4n) is 4.85. The number of ether oxygens (including phenoxy) is 1. The molecule has 0 saturated carbocycles. The second-order valence-corrected chi connectivity index (χ2v) is 8.16. The summed E-state index contributed by atoms with van der Waals surface area (Å²) in [6, 6.07) is 4.18. The molecule has 4 aromatic carbocycles. The Kier molecular flexibility index (Phi) is 3.08. The lowest BCUT2D eigenvalue weighted by atomic mass is 9.72. The molecule has 29 heavy (non-hydrogen) atoms. The molecule has 0 saturated heterocycles. The molecule has 0 heterocycles. The third kappa shape index (κ3) is 1.81. The minimum Gasteiger partial charge on any atom is -0.511 e. The van der Waals surface area contributed by atoms with Gasteiger partial charge in [-0.2, -0.15) is 0 Å². The lowest BCUT2D eigenvalue weighted by Crippen LogP contribution is -2.37. The van der Waals surface area contributed by atoms with Crippen LogP contribution < -0.4 is 20.8 Å². The summed E-state index contributed by atoms with van der Waals surface area (Å²) in [5, 5.41) is 34.6. The third-order valence-electron chi connectivity index (χ3n) is 6.25. The van der Waals surface area contributed by atoms with E-state index in [4.69, 9.17) is 4.74 Å². The molecule has 0 unspecified atom stereocenters. The largest absolute Gasteiger partial charge is 0.511 e. The van der Waals surface area contributed by atoms with Gasteiger partial charge in [-0.1, -0.05) is 0 Å². The van der Waals surface area contributed by atoms with E-state index in [0.29, 0.717) is 33.0 Å². The summed E-state index contributed by atoms with van der Waals surface area (Å²) in [4.78, 5) is 25.6. The maximum atomic E-state index is 12.9. The lowest BCUT2D eigenvalue weighted by Gasteiger charge is -2.32. The molecule has 0 radical (unpaired) electrons. The van der Waals surface area contributed by atoms with E-state index in [9.17, 15) is 24.9 Å². The van der Waals surface area contributed by atoms with Crippen LogP contribution in [0.1, 0.15) is 25.0 Å². The van der Waals surface area contributed by atoms with Crippen LogP contribution in [0.15, 0.2) is 27.8 Å². The molecule has 1 aliphatic carbocycles. The van der Waals surface area contributed by atoms with Crippen LogP contribution >= 0.6 is 0 Å². The minimum absolute atomic E-state index is 0.0113. The zero-order chi connectivity index (χ0) is 21.0. The average molecular weight is 390 g/mol. The summed E-state index contributed by atoms with van der Waals surface area (Å²) in [6.45, 7) is 5.34. The van der Waals surface area contributed by atoms with Crippen molar-refractivity contribution in [2.24, 2.45) is 0 Å². The van der Waals surface area contributed by atoms with Gasteiger partial charge in [0.15, 0.2) is 10.9 Å². The molecule has 0 spiro atoms. The number of hydrogen-bond acceptors (Lipinski definition) is 6. The molecule has 0 atom stereocenters. The summed E-state index contributed by atoms with van der Waals surface area (Å²) in [5.74, 6) is -0.494. The van der Waals surface area contributed by atoms with Gasteiger partial charge in [-0.15, -0.1) is 0 Å². The van der Waals surface area contributed by atoms with E-state index < -0.39 is 27.8 Å². The Hall–Kier alpha value is -3.54. The van der Waals surface area contributed by atoms with Gasteiger partial charge >= 0.3 is 0 Å². The average Bonchev–Trinajstić information content (AvgIpc) is 2.64. The van der Waals surface area contributed by atoms with Crippen molar-refractivity contribution in [3.05, 3.63) is 55.0 Å². The highest BCUT2D eigenvalue weighted by atomic mass is 16.5. The van der Waals surface area contributed by atoms with E-state index in [1.54, 1.807) is 26.8 Å². The molecule has 146 valence electrons. The van der Waals surface area contributed by atoms with Gasteiger partial charge in [0.1, 0.15) is 23.0 Å². The fourth-order valence-corrected chi connectivity index (χ4v) is 4.85. The molecule has 1 aliphatic rings. The molecule has 4 aromatic rings. The Morgan fingerprint density at radius 2 is 1.52 bits per heavy atom. The van der Waals surface area contributed by atoms with Crippen LogP contribution in [0.5, 0.6) is 17.2 Å². The molecule has 0 bridgehead atoms. The van der Waals surface area contributed by atoms with E-state index in [1.165, 1.54) is 13.2 Å². The van der Waals surface area contributed by atoms with E-state index >= 15 is 0 Å². The molecule has 0 amide bonds. The summed E-state index contributed by atoms with van der Waals surface area (Å²) in [5.41, 5.74) is -0.569. The predicted molar refractivity (Wildman–Crippen MR) is 112 cm³/mol. The van der Waals surface area contributed by atoms with Crippen LogP contribution in [0.2, 0.25) is 0 Å². The van der Waals surface area contributed by atoms with Crippen LogP contribution in [-0.4, -0.2) is 22.4 Å². The SMILES string of the molecule is COc1cc2c3c4c(c(=O)cc(O)c4c(O)c4c(=O)cc(C)c1c43)=C(O)C2(C)C. The van der Waals surface area contributed by atoms with Crippen molar-refractivity contribution in [3.8, 4) is 17.2 Å². The maximum Gasteiger partial charge on any atom is 0.193 e. The van der Waals surface area contributed by atoms with Gasteiger partial charge in [-0.3, -0.25) is 9.59 Å². The van der Waals surface area contributed by atoms with Crippen molar-refractivity contribution in [1.82, 2.24) is 0 Å². The van der Waals surface area contributed by atoms with Gasteiger partial charge in [-0.25, -0.2) is 0 Å². The Labute approximate surface area is 164 Å². The van der Waals surface area contributed by atoms with Crippen molar-refractivity contribution in [2.45, 2.75) is 26.2 Å². The Bertz CT molecular complexity index is 1580. The number of aliphatic hydroxyl groups excluding tert-OH is 1. The van der Waals surface area contributed by atoms with Crippen LogP contribution in [0.25, 0.3) is 38.1 Å². The third-order valence-corrected chi connectivity index (χ3v) is 6.25. The fraction of sp³-hybridized carbons (Fsp3) is 0.217. The van der Waals surface area contributed by atoms with Gasteiger partial charge in [0, 0.05) is 27.6 Å². The zero-order valence-corrected chi connectivity index (χ0v) is 16.3. The number of aliphatic hydroxyl groups is 1. The minimum atomic E-state index is -0.950. The number of aromatic hydroxyl groups is 2. The van der Waals surface area contributed by atoms with Crippen molar-refractivity contribution in [1.29, 1.82) is 0 Å². The van der Waals surface area contributed by atoms with Gasteiger partial charge in [0.05, 0.1) is 23.1 Å². The molecular formula is C23H18O6. The number of phenolic OH excluding ortho intramolecular Hbond substituents is 2. The first kappa shape index (κ1) is 17.6. The molecule has 6 heteroatoms. The highest BCUT2D eigenvalue weighted by Gasteiger charge is 2.37. The van der Waals surface area contributed by atoms with Gasteiger partial charge < -0.3 is 20.1 Å². The Morgan fingerprint density at radius 3 is 2.17 bits per heavy atom. The Balaban J connectivity index is 2.39. The second-order valence-electron chi connectivity index (χ2n) is 8.16. The number of benzene rings is 4. The summed E-state index contributed by atoms with van der Waals surface area (Å²) >= 11 is 0. The van der Waals surface area contributed by atoms with Gasteiger partial charge in [0.25, 0.3) is 0 Å². The highest BCUT2D eigenvalue weighted by Crippen LogP contribution is 2.50. The van der Waals surface area contributed by atoms with Gasteiger partial charge in [0.2, 0.25) is 0 Å². The molecule has 5 rings (SSSR count). The molecule has 0 aliphatic heterocycles. The van der Waals surface area contributed by atoms with E-state index in [2.05, 4.69) is 0 Å². The molecule has 0 fully saturated rings. The summed E-state index contributed by atoms with van der Waals surface area (Å²) in [7, 11) is 1.51. The van der Waals surface area contributed by atoms with Crippen LogP contribution in [0.3, 0.4) is 0 Å². The van der Waals surface area contributed by atoms with E-state index in [0.717, 1.165) is 6.07 Å². The van der Waals surface area contributed by atoms with Crippen molar-refractivity contribution in [2.75, 3.05) is 7.11 Å². The highest BCUT2D eigenvalue weighted by molar-refractivity contribution is 6.29. The predicted octanol–water partition coefficient (Wildman–Crippen LogP) is 2.71. The van der Waals surface area contributed by atoms with Crippen LogP contribution in [-0.2, 0) is 5.41 Å². The van der Waals surface area contributed by atoms with Crippen LogP contribution in [0, 0.1) is 6.92 Å². The lowest BCUT2D eigenvalue weighted by molar-refractivity contribution is 0.407. The number of methoxy groups -OCH3 is 1. The van der Waals surface area contributed by atoms with E-state index in [1.807, 2.05) is 0 Å². The monoisotopic (exact) mass is 390 g/mol. The number of rotatable bonds is 1. The Morgan fingerprint density at radius 1 is 0.828 bits per heavy atom. The maximum absolute atomic E-state index is 12.9. The first-order valence-corrected chi connectivity index (χ1v) is 9.17. The first-order valence-electron chi connectivity index (χ1n) is 9.17. The van der Waals surface area contributed by atoms with Crippen molar-refractivity contribution >= 4 is 38.1 Å². The molecule has 3 N–H and O–H groups in total. The molecular weight excluding hydrogens is 372 g/mol. The van der Waals surface area contributed by atoms with Gasteiger partial charge in [-0.05, 0) is 49.4 Å². The van der Waals surface area contributed by atoms with Crippen LogP contribution in [0.4, 0.5) is 0 Å². The normalized spacial score (nSPS) is 15.1. The standard InChI is InChI=1S/C23H18O6/c1-8-5-10(24)16-19-14(8)13(29-4)6-9-15(19)20-17(21(16)27)11(25)7-12(26)18(20)22(28)23(9,2)3/h5-7,25,27-28H,1-4H3. The number of phenols is 2. The zero-order valence-electron chi connectivity index (χ0n) is 16.3. The van der Waals surface area contributed by atoms with Crippen molar-refractivity contribution < 1.29 is 20.1 Å². The molecule has 0 aromatic heterocycles. The quantitative estimate of drug-likeness (QED) is 0.341. The summed E-state index contributed by atoms with van der Waals surface area (Å²) < 4.78 is 5.59. The smallest absolute Gasteiger partial charge is 0.193 e. The number of hydrogen-bond donors (Lipinski definition) is 3. The van der Waals surface area contributed by atoms with Crippen molar-refractivity contribution in [3.63, 3.8) is 0 Å². The summed E-state index contributed by atoms with van der Waals surface area (Å²) in [6.07, 6.45) is 0. The van der Waals surface area contributed by atoms with E-state index in [-0.39, 0.29) is 27.1 Å². The first-order chi connectivity index (χ1) is 13.6. The molecule has 6 nitrogen and oxygen atoms in total.